The van der Waals surface area contributed by atoms with Gasteiger partial charge in [0.05, 0.1) is 16.3 Å². The number of aryl methyl sites for hydroxylation is 1. The van der Waals surface area contributed by atoms with Gasteiger partial charge in [-0.1, -0.05) is 31.2 Å². The van der Waals surface area contributed by atoms with Crippen molar-refractivity contribution in [2.24, 2.45) is 0 Å². The summed E-state index contributed by atoms with van der Waals surface area (Å²) >= 11 is 1.28. The second-order valence-electron chi connectivity index (χ2n) is 6.16. The van der Waals surface area contributed by atoms with E-state index < -0.39 is 21.6 Å². The van der Waals surface area contributed by atoms with Crippen LogP contribution in [0.25, 0.3) is 11.3 Å². The van der Waals surface area contributed by atoms with E-state index in [0.29, 0.717) is 5.13 Å². The van der Waals surface area contributed by atoms with Gasteiger partial charge in [0.15, 0.2) is 15.0 Å². The predicted octanol–water partition coefficient (Wildman–Crippen LogP) is 4.31. The van der Waals surface area contributed by atoms with E-state index >= 15 is 0 Å². The third-order valence-electron chi connectivity index (χ3n) is 4.18. The summed E-state index contributed by atoms with van der Waals surface area (Å²) in [6.07, 6.45) is 0.749. The van der Waals surface area contributed by atoms with E-state index in [1.807, 2.05) is 29.6 Å². The zero-order valence-electron chi connectivity index (χ0n) is 15.2. The highest BCUT2D eigenvalue weighted by Gasteiger charge is 2.17. The number of hydrogen-bond donors (Lipinski definition) is 1. The first-order valence-electron chi connectivity index (χ1n) is 8.70. The Morgan fingerprint density at radius 2 is 1.79 bits per heavy atom. The lowest BCUT2D eigenvalue weighted by Gasteiger charge is -2.05. The normalized spacial score (nSPS) is 11.4. The first kappa shape index (κ1) is 20.2. The molecule has 0 radical (unpaired) electrons. The highest BCUT2D eigenvalue weighted by Crippen LogP contribution is 2.25. The molecular weight excluding hydrogens is 399 g/mol. The first-order valence-corrected chi connectivity index (χ1v) is 11.2. The Morgan fingerprint density at radius 1 is 1.11 bits per heavy atom. The van der Waals surface area contributed by atoms with Crippen LogP contribution in [0.3, 0.4) is 0 Å². The van der Waals surface area contributed by atoms with E-state index in [2.05, 4.69) is 17.2 Å². The van der Waals surface area contributed by atoms with Crippen molar-refractivity contribution in [3.63, 3.8) is 0 Å². The number of hydrogen-bond acceptors (Lipinski definition) is 5. The maximum absolute atomic E-state index is 12.9. The van der Waals surface area contributed by atoms with Crippen LogP contribution in [0.1, 0.15) is 18.9 Å². The fourth-order valence-electron chi connectivity index (χ4n) is 2.54. The zero-order valence-corrected chi connectivity index (χ0v) is 16.8. The highest BCUT2D eigenvalue weighted by atomic mass is 32.2. The fourth-order valence-corrected chi connectivity index (χ4v) is 4.52. The van der Waals surface area contributed by atoms with Crippen LogP contribution in [0.2, 0.25) is 0 Å². The molecule has 8 heteroatoms. The van der Waals surface area contributed by atoms with Gasteiger partial charge < -0.3 is 5.32 Å². The van der Waals surface area contributed by atoms with Crippen molar-refractivity contribution >= 4 is 32.2 Å². The summed E-state index contributed by atoms with van der Waals surface area (Å²) < 4.78 is 37.4. The van der Waals surface area contributed by atoms with Gasteiger partial charge in [-0.3, -0.25) is 4.79 Å². The number of anilines is 1. The van der Waals surface area contributed by atoms with Crippen LogP contribution in [0.15, 0.2) is 58.8 Å². The van der Waals surface area contributed by atoms with Crippen molar-refractivity contribution in [2.75, 3.05) is 11.1 Å². The monoisotopic (exact) mass is 418 g/mol. The molecule has 1 N–H and O–H groups in total. The smallest absolute Gasteiger partial charge is 0.227 e. The molecule has 0 saturated heterocycles. The SMILES string of the molecule is CCc1ccc(-c2csc(NC(=O)CCS(=O)(=O)c3ccc(F)cc3)n2)cc1. The Kier molecular flexibility index (Phi) is 6.21. The largest absolute Gasteiger partial charge is 0.302 e. The van der Waals surface area contributed by atoms with E-state index in [1.54, 1.807) is 0 Å². The molecule has 0 atom stereocenters. The van der Waals surface area contributed by atoms with Gasteiger partial charge in [-0.2, -0.15) is 0 Å². The first-order chi connectivity index (χ1) is 13.4. The van der Waals surface area contributed by atoms with Crippen molar-refractivity contribution in [3.05, 3.63) is 65.3 Å². The second-order valence-corrected chi connectivity index (χ2v) is 9.13. The number of halogens is 1. The molecule has 0 unspecified atom stereocenters. The van der Waals surface area contributed by atoms with Gasteiger partial charge in [0.25, 0.3) is 0 Å². The maximum atomic E-state index is 12.9. The van der Waals surface area contributed by atoms with Crippen LogP contribution in [0.5, 0.6) is 0 Å². The van der Waals surface area contributed by atoms with E-state index in [1.165, 1.54) is 29.0 Å². The third-order valence-corrected chi connectivity index (χ3v) is 6.67. The molecule has 5 nitrogen and oxygen atoms in total. The standard InChI is InChI=1S/C20H19FN2O3S2/c1-2-14-3-5-15(6-4-14)18-13-27-20(22-18)23-19(24)11-12-28(25,26)17-9-7-16(21)8-10-17/h3-10,13H,2,11-12H2,1H3,(H,22,23,24). The van der Waals surface area contributed by atoms with Crippen molar-refractivity contribution in [1.29, 1.82) is 0 Å². The molecule has 0 aliphatic heterocycles. The number of rotatable bonds is 7. The van der Waals surface area contributed by atoms with Crippen LogP contribution in [-0.4, -0.2) is 25.1 Å². The number of sulfone groups is 1. The lowest BCUT2D eigenvalue weighted by Crippen LogP contribution is -2.17. The quantitative estimate of drug-likeness (QED) is 0.580. The number of nitrogens with zero attached hydrogens (tertiary/aromatic N) is 1. The van der Waals surface area contributed by atoms with Crippen LogP contribution in [0.4, 0.5) is 9.52 Å². The molecule has 2 aromatic carbocycles. The van der Waals surface area contributed by atoms with Crippen LogP contribution < -0.4 is 5.32 Å². The Balaban J connectivity index is 1.59. The Morgan fingerprint density at radius 3 is 2.43 bits per heavy atom. The molecule has 0 fully saturated rings. The van der Waals surface area contributed by atoms with E-state index in [0.717, 1.165) is 29.8 Å². The van der Waals surface area contributed by atoms with Crippen LogP contribution >= 0.6 is 11.3 Å². The van der Waals surface area contributed by atoms with Crippen molar-refractivity contribution < 1.29 is 17.6 Å². The summed E-state index contributed by atoms with van der Waals surface area (Å²) in [6, 6.07) is 12.6. The summed E-state index contributed by atoms with van der Waals surface area (Å²) in [6.45, 7) is 2.09. The number of amides is 1. The van der Waals surface area contributed by atoms with Gasteiger partial charge in [-0.25, -0.2) is 17.8 Å². The average molecular weight is 419 g/mol. The van der Waals surface area contributed by atoms with Gasteiger partial charge >= 0.3 is 0 Å². The molecular formula is C20H19FN2O3S2. The molecule has 28 heavy (non-hydrogen) atoms. The highest BCUT2D eigenvalue weighted by molar-refractivity contribution is 7.91. The molecule has 0 bridgehead atoms. The average Bonchev–Trinajstić information content (AvgIpc) is 3.15. The number of benzene rings is 2. The van der Waals surface area contributed by atoms with Gasteiger partial charge in [0, 0.05) is 17.4 Å². The van der Waals surface area contributed by atoms with Crippen molar-refractivity contribution in [1.82, 2.24) is 4.98 Å². The molecule has 0 saturated carbocycles. The number of thiazole rings is 1. The molecule has 146 valence electrons. The Hall–Kier alpha value is -2.58. The zero-order chi connectivity index (χ0) is 20.1. The Labute approximate surface area is 167 Å². The molecule has 0 aliphatic carbocycles. The topological polar surface area (TPSA) is 76.1 Å². The Bertz CT molecular complexity index is 1060. The molecule has 3 aromatic rings. The predicted molar refractivity (Wildman–Crippen MR) is 109 cm³/mol. The van der Waals surface area contributed by atoms with Crippen molar-refractivity contribution in [2.45, 2.75) is 24.7 Å². The lowest BCUT2D eigenvalue weighted by atomic mass is 10.1. The third kappa shape index (κ3) is 5.02. The summed E-state index contributed by atoms with van der Waals surface area (Å²) in [7, 11) is -3.65. The van der Waals surface area contributed by atoms with Crippen molar-refractivity contribution in [3.8, 4) is 11.3 Å². The minimum atomic E-state index is -3.65. The van der Waals surface area contributed by atoms with Gasteiger partial charge in [-0.15, -0.1) is 11.3 Å². The van der Waals surface area contributed by atoms with E-state index in [9.17, 15) is 17.6 Å². The summed E-state index contributed by atoms with van der Waals surface area (Å²) in [5.41, 5.74) is 2.93. The second kappa shape index (κ2) is 8.62. The lowest BCUT2D eigenvalue weighted by molar-refractivity contribution is -0.115. The molecule has 1 aromatic heterocycles. The van der Waals surface area contributed by atoms with E-state index in [4.69, 9.17) is 0 Å². The molecule has 0 spiro atoms. The van der Waals surface area contributed by atoms with E-state index in [-0.39, 0.29) is 17.1 Å². The summed E-state index contributed by atoms with van der Waals surface area (Å²) in [4.78, 5) is 16.5. The number of nitrogens with one attached hydrogen (secondary N) is 1. The number of carbonyl (C=O) groups excluding carboxylic acids is 1. The van der Waals surface area contributed by atoms with Crippen LogP contribution in [-0.2, 0) is 21.1 Å². The number of aromatic nitrogens is 1. The summed E-state index contributed by atoms with van der Waals surface area (Å²) in [5, 5.41) is 4.89. The number of carbonyl (C=O) groups is 1. The molecule has 3 rings (SSSR count). The molecule has 0 aliphatic rings. The fraction of sp³-hybridized carbons (Fsp3) is 0.200. The van der Waals surface area contributed by atoms with Gasteiger partial charge in [0.1, 0.15) is 5.82 Å². The molecule has 1 amide bonds. The molecule has 1 heterocycles. The maximum Gasteiger partial charge on any atom is 0.227 e. The minimum absolute atomic E-state index is 0.00578. The van der Waals surface area contributed by atoms with Gasteiger partial charge in [0.2, 0.25) is 5.91 Å². The minimum Gasteiger partial charge on any atom is -0.302 e. The summed E-state index contributed by atoms with van der Waals surface area (Å²) in [5.74, 6) is -1.31. The van der Waals surface area contributed by atoms with Gasteiger partial charge in [-0.05, 0) is 36.2 Å². The van der Waals surface area contributed by atoms with Crippen LogP contribution in [0, 0.1) is 5.82 Å².